The van der Waals surface area contributed by atoms with Gasteiger partial charge >= 0.3 is 5.97 Å². The SMILES string of the molecule is O=C(O)CNS(=O)(=O)c1cccc(C(=O)/C=C/c2ccc(Cl)cc2)c1. The van der Waals surface area contributed by atoms with Crippen LogP contribution in [0.1, 0.15) is 15.9 Å². The van der Waals surface area contributed by atoms with Crippen molar-refractivity contribution in [3.8, 4) is 0 Å². The molecule has 0 aliphatic heterocycles. The van der Waals surface area contributed by atoms with Gasteiger partial charge in [-0.3, -0.25) is 9.59 Å². The Hall–Kier alpha value is -2.48. The predicted octanol–water partition coefficient (Wildman–Crippen LogP) is 2.60. The molecule has 0 aliphatic rings. The van der Waals surface area contributed by atoms with E-state index in [2.05, 4.69) is 0 Å². The van der Waals surface area contributed by atoms with Crippen molar-refractivity contribution < 1.29 is 23.1 Å². The Labute approximate surface area is 149 Å². The lowest BCUT2D eigenvalue weighted by atomic mass is 10.1. The minimum Gasteiger partial charge on any atom is -0.480 e. The highest BCUT2D eigenvalue weighted by Crippen LogP contribution is 2.14. The van der Waals surface area contributed by atoms with E-state index in [0.717, 1.165) is 5.56 Å². The fraction of sp³-hybridized carbons (Fsp3) is 0.0588. The number of hydrogen-bond donors (Lipinski definition) is 2. The van der Waals surface area contributed by atoms with Crippen LogP contribution in [0.15, 0.2) is 59.5 Å². The average molecular weight is 380 g/mol. The molecule has 0 fully saturated rings. The number of sulfonamides is 1. The van der Waals surface area contributed by atoms with Crippen molar-refractivity contribution in [2.24, 2.45) is 0 Å². The van der Waals surface area contributed by atoms with Crippen molar-refractivity contribution in [3.63, 3.8) is 0 Å². The first-order valence-electron chi connectivity index (χ1n) is 7.07. The number of hydrogen-bond acceptors (Lipinski definition) is 4. The van der Waals surface area contributed by atoms with Crippen LogP contribution in [-0.2, 0) is 14.8 Å². The summed E-state index contributed by atoms with van der Waals surface area (Å²) in [7, 11) is -4.01. The number of ketones is 1. The van der Waals surface area contributed by atoms with Gasteiger partial charge in [-0.1, -0.05) is 41.9 Å². The Bertz CT molecular complexity index is 920. The number of carboxylic acids is 1. The third-order valence-electron chi connectivity index (χ3n) is 3.14. The van der Waals surface area contributed by atoms with E-state index in [0.29, 0.717) is 5.02 Å². The van der Waals surface area contributed by atoms with Crippen molar-refractivity contribution in [1.82, 2.24) is 4.72 Å². The number of allylic oxidation sites excluding steroid dienone is 1. The highest BCUT2D eigenvalue weighted by atomic mass is 35.5. The summed E-state index contributed by atoms with van der Waals surface area (Å²) >= 11 is 5.79. The van der Waals surface area contributed by atoms with E-state index in [1.807, 2.05) is 4.72 Å². The van der Waals surface area contributed by atoms with E-state index < -0.39 is 22.5 Å². The molecule has 2 N–H and O–H groups in total. The molecule has 130 valence electrons. The van der Waals surface area contributed by atoms with E-state index in [1.165, 1.54) is 30.3 Å². The van der Waals surface area contributed by atoms with Crippen LogP contribution in [0.25, 0.3) is 6.08 Å². The van der Waals surface area contributed by atoms with Crippen LogP contribution in [0.4, 0.5) is 0 Å². The summed E-state index contributed by atoms with van der Waals surface area (Å²) in [6, 6.07) is 12.2. The number of carbonyl (C=O) groups is 2. The fourth-order valence-electron chi connectivity index (χ4n) is 1.90. The van der Waals surface area contributed by atoms with Crippen LogP contribution in [-0.4, -0.2) is 31.8 Å². The van der Waals surface area contributed by atoms with Crippen molar-refractivity contribution in [3.05, 3.63) is 70.8 Å². The standard InChI is InChI=1S/C17H14ClNO5S/c18-14-7-4-12(5-8-14)6-9-16(20)13-2-1-3-15(10-13)25(23,24)19-11-17(21)22/h1-10,19H,11H2,(H,21,22)/b9-6+. The first kappa shape index (κ1) is 18.9. The number of halogens is 1. The smallest absolute Gasteiger partial charge is 0.318 e. The normalized spacial score (nSPS) is 11.6. The number of benzene rings is 2. The van der Waals surface area contributed by atoms with Gasteiger partial charge in [0.2, 0.25) is 10.0 Å². The van der Waals surface area contributed by atoms with Crippen molar-refractivity contribution in [2.75, 3.05) is 6.54 Å². The van der Waals surface area contributed by atoms with Gasteiger partial charge in [0.25, 0.3) is 0 Å². The summed E-state index contributed by atoms with van der Waals surface area (Å²) in [4.78, 5) is 22.5. The Kier molecular flexibility index (Phi) is 6.08. The lowest BCUT2D eigenvalue weighted by Crippen LogP contribution is -2.29. The van der Waals surface area contributed by atoms with Gasteiger partial charge in [0.05, 0.1) is 4.90 Å². The molecule has 0 saturated carbocycles. The molecule has 0 bridgehead atoms. The van der Waals surface area contributed by atoms with Gasteiger partial charge in [0, 0.05) is 10.6 Å². The molecular formula is C17H14ClNO5S. The van der Waals surface area contributed by atoms with Crippen LogP contribution >= 0.6 is 11.6 Å². The van der Waals surface area contributed by atoms with Crippen LogP contribution in [0.3, 0.4) is 0 Å². The van der Waals surface area contributed by atoms with Crippen LogP contribution in [0, 0.1) is 0 Å². The second kappa shape index (κ2) is 8.06. The van der Waals surface area contributed by atoms with E-state index >= 15 is 0 Å². The third kappa shape index (κ3) is 5.53. The summed E-state index contributed by atoms with van der Waals surface area (Å²) in [5.74, 6) is -1.69. The van der Waals surface area contributed by atoms with Crippen molar-refractivity contribution in [2.45, 2.75) is 4.90 Å². The van der Waals surface area contributed by atoms with Gasteiger partial charge in [0.1, 0.15) is 6.54 Å². The number of aliphatic carboxylic acids is 1. The average Bonchev–Trinajstić information content (AvgIpc) is 2.59. The van der Waals surface area contributed by atoms with Crippen LogP contribution in [0.2, 0.25) is 5.02 Å². The fourth-order valence-corrected chi connectivity index (χ4v) is 3.04. The highest BCUT2D eigenvalue weighted by Gasteiger charge is 2.16. The largest absolute Gasteiger partial charge is 0.480 e. The molecule has 0 aliphatic carbocycles. The molecule has 0 spiro atoms. The van der Waals surface area contributed by atoms with Gasteiger partial charge in [-0.15, -0.1) is 0 Å². The Balaban J connectivity index is 2.18. The maximum Gasteiger partial charge on any atom is 0.318 e. The first-order chi connectivity index (χ1) is 11.8. The molecule has 0 unspecified atom stereocenters. The monoisotopic (exact) mass is 379 g/mol. The summed E-state index contributed by atoms with van der Waals surface area (Å²) < 4.78 is 25.9. The minimum absolute atomic E-state index is 0.170. The molecule has 0 radical (unpaired) electrons. The second-order valence-corrected chi connectivity index (χ2v) is 7.20. The van der Waals surface area contributed by atoms with E-state index in [9.17, 15) is 18.0 Å². The molecule has 0 aromatic heterocycles. The van der Waals surface area contributed by atoms with Gasteiger partial charge in [0.15, 0.2) is 5.78 Å². The zero-order chi connectivity index (χ0) is 18.4. The molecule has 8 heteroatoms. The quantitative estimate of drug-likeness (QED) is 0.569. The van der Waals surface area contributed by atoms with Crippen molar-refractivity contribution in [1.29, 1.82) is 0 Å². The van der Waals surface area contributed by atoms with Crippen molar-refractivity contribution >= 4 is 39.5 Å². The molecule has 0 amide bonds. The summed E-state index contributed by atoms with van der Waals surface area (Å²) in [5.41, 5.74) is 0.938. The van der Waals surface area contributed by atoms with E-state index in [-0.39, 0.29) is 16.2 Å². The topological polar surface area (TPSA) is 101 Å². The van der Waals surface area contributed by atoms with Crippen LogP contribution < -0.4 is 4.72 Å². The molecule has 2 aromatic rings. The molecule has 2 aromatic carbocycles. The molecule has 0 atom stereocenters. The maximum atomic E-state index is 12.2. The number of carbonyl (C=O) groups excluding carboxylic acids is 1. The third-order valence-corrected chi connectivity index (χ3v) is 4.79. The predicted molar refractivity (Wildman–Crippen MR) is 94.1 cm³/mol. The molecule has 2 rings (SSSR count). The van der Waals surface area contributed by atoms with Gasteiger partial charge < -0.3 is 5.11 Å². The molecule has 0 saturated heterocycles. The number of carboxylic acid groups (broad SMARTS) is 1. The second-order valence-electron chi connectivity index (χ2n) is 5.00. The lowest BCUT2D eigenvalue weighted by Gasteiger charge is -2.05. The molecule has 0 heterocycles. The maximum absolute atomic E-state index is 12.2. The van der Waals surface area contributed by atoms with Gasteiger partial charge in [-0.25, -0.2) is 8.42 Å². The highest BCUT2D eigenvalue weighted by molar-refractivity contribution is 7.89. The van der Waals surface area contributed by atoms with Crippen LogP contribution in [0.5, 0.6) is 0 Å². The minimum atomic E-state index is -4.01. The summed E-state index contributed by atoms with van der Waals surface area (Å²) in [5, 5.41) is 9.14. The number of rotatable bonds is 7. The van der Waals surface area contributed by atoms with Gasteiger partial charge in [-0.2, -0.15) is 4.72 Å². The molecular weight excluding hydrogens is 366 g/mol. The zero-order valence-corrected chi connectivity index (χ0v) is 14.4. The zero-order valence-electron chi connectivity index (χ0n) is 12.8. The van der Waals surface area contributed by atoms with Gasteiger partial charge in [-0.05, 0) is 35.9 Å². The molecule has 25 heavy (non-hydrogen) atoms. The Morgan fingerprint density at radius 1 is 1.12 bits per heavy atom. The Morgan fingerprint density at radius 2 is 1.80 bits per heavy atom. The number of nitrogens with one attached hydrogen (secondary N) is 1. The summed E-state index contributed by atoms with van der Waals surface area (Å²) in [6.07, 6.45) is 2.90. The summed E-state index contributed by atoms with van der Waals surface area (Å²) in [6.45, 7) is -0.739. The first-order valence-corrected chi connectivity index (χ1v) is 8.93. The Morgan fingerprint density at radius 3 is 2.44 bits per heavy atom. The van der Waals surface area contributed by atoms with E-state index in [4.69, 9.17) is 16.7 Å². The van der Waals surface area contributed by atoms with E-state index in [1.54, 1.807) is 30.3 Å². The lowest BCUT2D eigenvalue weighted by molar-refractivity contribution is -0.135. The molecule has 6 nitrogen and oxygen atoms in total.